The summed E-state index contributed by atoms with van der Waals surface area (Å²) in [6, 6.07) is 10.9. The van der Waals surface area contributed by atoms with Crippen molar-refractivity contribution in [3.05, 3.63) is 58.7 Å². The van der Waals surface area contributed by atoms with Crippen LogP contribution in [0.3, 0.4) is 0 Å². The van der Waals surface area contributed by atoms with Crippen LogP contribution < -0.4 is 15.1 Å². The first-order valence-corrected chi connectivity index (χ1v) is 7.43. The van der Waals surface area contributed by atoms with Gasteiger partial charge >= 0.3 is 6.03 Å². The van der Waals surface area contributed by atoms with E-state index in [4.69, 9.17) is 4.74 Å². The van der Waals surface area contributed by atoms with E-state index >= 15 is 0 Å². The Morgan fingerprint density at radius 2 is 1.91 bits per heavy atom. The van der Waals surface area contributed by atoms with E-state index in [1.807, 2.05) is 51.1 Å². The fourth-order valence-corrected chi connectivity index (χ4v) is 2.46. The smallest absolute Gasteiger partial charge is 0.345 e. The van der Waals surface area contributed by atoms with E-state index in [0.717, 1.165) is 22.4 Å². The lowest BCUT2D eigenvalue weighted by molar-refractivity contribution is 0.205. The molecular weight excluding hydrogens is 292 g/mol. The van der Waals surface area contributed by atoms with Gasteiger partial charge in [0.15, 0.2) is 0 Å². The maximum absolute atomic E-state index is 11.7. The number of hydrogen-bond donors (Lipinski definition) is 2. The number of hydrogen-bond acceptors (Lipinski definition) is 3. The highest BCUT2D eigenvalue weighted by Crippen LogP contribution is 2.27. The van der Waals surface area contributed by atoms with Gasteiger partial charge in [-0.2, -0.15) is 5.06 Å². The predicted molar refractivity (Wildman–Crippen MR) is 90.1 cm³/mol. The normalized spacial score (nSPS) is 10.3. The standard InChI is InChI=1S/C18H22N2O3/c1-12-8-9-16(14(3)10-12)23-11-15-7-5-6-13(2)17(15)20(22)18(21)19-4/h5-10,22H,11H2,1-4H3,(H,19,21). The number of rotatable bonds is 4. The summed E-state index contributed by atoms with van der Waals surface area (Å²) >= 11 is 0. The van der Waals surface area contributed by atoms with Crippen LogP contribution in [0.1, 0.15) is 22.3 Å². The number of benzene rings is 2. The van der Waals surface area contributed by atoms with Crippen LogP contribution in [0.4, 0.5) is 10.5 Å². The van der Waals surface area contributed by atoms with Gasteiger partial charge in [0.25, 0.3) is 0 Å². The lowest BCUT2D eigenvalue weighted by atomic mass is 10.1. The Labute approximate surface area is 136 Å². The van der Waals surface area contributed by atoms with Crippen molar-refractivity contribution in [3.63, 3.8) is 0 Å². The Hall–Kier alpha value is -2.53. The first-order valence-electron chi connectivity index (χ1n) is 7.43. The fraction of sp³-hybridized carbons (Fsp3) is 0.278. The van der Waals surface area contributed by atoms with Gasteiger partial charge in [-0.15, -0.1) is 0 Å². The third-order valence-electron chi connectivity index (χ3n) is 3.65. The molecule has 0 aliphatic rings. The van der Waals surface area contributed by atoms with E-state index in [0.29, 0.717) is 10.8 Å². The second-order valence-electron chi connectivity index (χ2n) is 5.51. The first-order chi connectivity index (χ1) is 10.9. The van der Waals surface area contributed by atoms with E-state index in [-0.39, 0.29) is 6.61 Å². The molecule has 122 valence electrons. The third-order valence-corrected chi connectivity index (χ3v) is 3.65. The molecule has 5 nitrogen and oxygen atoms in total. The van der Waals surface area contributed by atoms with Crippen LogP contribution in [0.2, 0.25) is 0 Å². The minimum atomic E-state index is -0.591. The molecule has 0 unspecified atom stereocenters. The molecule has 0 spiro atoms. The van der Waals surface area contributed by atoms with E-state index in [1.54, 1.807) is 0 Å². The van der Waals surface area contributed by atoms with Crippen molar-refractivity contribution in [2.24, 2.45) is 0 Å². The molecule has 0 saturated heterocycles. The largest absolute Gasteiger partial charge is 0.489 e. The number of hydroxylamine groups is 1. The second kappa shape index (κ2) is 7.15. The van der Waals surface area contributed by atoms with Gasteiger partial charge in [0.1, 0.15) is 12.4 Å². The Morgan fingerprint density at radius 1 is 1.17 bits per heavy atom. The lowest BCUT2D eigenvalue weighted by Gasteiger charge is -2.21. The van der Waals surface area contributed by atoms with Crippen molar-refractivity contribution in [3.8, 4) is 5.75 Å². The van der Waals surface area contributed by atoms with Crippen LogP contribution in [0, 0.1) is 20.8 Å². The molecule has 2 aromatic carbocycles. The van der Waals surface area contributed by atoms with Gasteiger partial charge in [-0.25, -0.2) is 4.79 Å². The zero-order valence-electron chi connectivity index (χ0n) is 13.9. The van der Waals surface area contributed by atoms with E-state index in [2.05, 4.69) is 11.4 Å². The van der Waals surface area contributed by atoms with Crippen molar-refractivity contribution in [2.45, 2.75) is 27.4 Å². The molecule has 2 aromatic rings. The highest BCUT2D eigenvalue weighted by atomic mass is 16.5. The Kier molecular flexibility index (Phi) is 5.24. The monoisotopic (exact) mass is 314 g/mol. The van der Waals surface area contributed by atoms with Gasteiger partial charge < -0.3 is 10.1 Å². The molecule has 2 amide bonds. The Morgan fingerprint density at radius 3 is 2.57 bits per heavy atom. The van der Waals surface area contributed by atoms with E-state index < -0.39 is 6.03 Å². The summed E-state index contributed by atoms with van der Waals surface area (Å²) in [7, 11) is 1.47. The maximum Gasteiger partial charge on any atom is 0.345 e. The second-order valence-corrected chi connectivity index (χ2v) is 5.51. The molecule has 23 heavy (non-hydrogen) atoms. The quantitative estimate of drug-likeness (QED) is 0.668. The molecule has 0 atom stereocenters. The molecule has 0 fully saturated rings. The number of nitrogens with zero attached hydrogens (tertiary/aromatic N) is 1. The number of carbonyl (C=O) groups excluding carboxylic acids is 1. The summed E-state index contributed by atoms with van der Waals surface area (Å²) in [6.07, 6.45) is 0. The molecule has 5 heteroatoms. The molecule has 0 aliphatic heterocycles. The third kappa shape index (κ3) is 3.81. The Bertz CT molecular complexity index is 713. The first kappa shape index (κ1) is 16.8. The van der Waals surface area contributed by atoms with Crippen molar-refractivity contribution in [1.82, 2.24) is 5.32 Å². The van der Waals surface area contributed by atoms with Crippen molar-refractivity contribution in [1.29, 1.82) is 0 Å². The molecule has 0 aromatic heterocycles. The Balaban J connectivity index is 2.26. The molecule has 0 bridgehead atoms. The zero-order chi connectivity index (χ0) is 17.0. The van der Waals surface area contributed by atoms with Gasteiger partial charge in [-0.3, -0.25) is 5.21 Å². The average molecular weight is 314 g/mol. The van der Waals surface area contributed by atoms with Crippen LogP contribution >= 0.6 is 0 Å². The highest BCUT2D eigenvalue weighted by molar-refractivity contribution is 5.91. The number of para-hydroxylation sites is 1. The number of nitrogens with one attached hydrogen (secondary N) is 1. The molecule has 0 radical (unpaired) electrons. The number of ether oxygens (including phenoxy) is 1. The minimum absolute atomic E-state index is 0.259. The van der Waals surface area contributed by atoms with Gasteiger partial charge in [-0.1, -0.05) is 35.9 Å². The topological polar surface area (TPSA) is 61.8 Å². The summed E-state index contributed by atoms with van der Waals surface area (Å²) in [5, 5.41) is 13.1. The summed E-state index contributed by atoms with van der Waals surface area (Å²) in [4.78, 5) is 11.7. The van der Waals surface area contributed by atoms with Gasteiger partial charge in [0.05, 0.1) is 5.69 Å². The van der Waals surface area contributed by atoms with Crippen LogP contribution in [0.25, 0.3) is 0 Å². The highest BCUT2D eigenvalue weighted by Gasteiger charge is 2.18. The lowest BCUT2D eigenvalue weighted by Crippen LogP contribution is -2.36. The molecule has 0 heterocycles. The number of urea groups is 1. The van der Waals surface area contributed by atoms with Gasteiger partial charge in [-0.05, 0) is 38.0 Å². The molecule has 2 rings (SSSR count). The summed E-state index contributed by atoms with van der Waals surface area (Å²) in [5.74, 6) is 0.785. The van der Waals surface area contributed by atoms with Crippen molar-refractivity contribution in [2.75, 3.05) is 12.1 Å². The van der Waals surface area contributed by atoms with Crippen molar-refractivity contribution >= 4 is 11.7 Å². The molecular formula is C18H22N2O3. The van der Waals surface area contributed by atoms with Crippen LogP contribution in [-0.4, -0.2) is 18.3 Å². The SMILES string of the molecule is CNC(=O)N(O)c1c(C)cccc1COc1ccc(C)cc1C. The van der Waals surface area contributed by atoms with Crippen LogP contribution in [0.5, 0.6) is 5.75 Å². The number of amides is 2. The molecule has 2 N–H and O–H groups in total. The summed E-state index contributed by atoms with van der Waals surface area (Å²) < 4.78 is 5.87. The van der Waals surface area contributed by atoms with Crippen molar-refractivity contribution < 1.29 is 14.7 Å². The number of anilines is 1. The average Bonchev–Trinajstić information content (AvgIpc) is 2.52. The fourth-order valence-electron chi connectivity index (χ4n) is 2.46. The number of aryl methyl sites for hydroxylation is 3. The predicted octanol–water partition coefficient (Wildman–Crippen LogP) is 3.73. The van der Waals surface area contributed by atoms with E-state index in [1.165, 1.54) is 12.6 Å². The summed E-state index contributed by atoms with van der Waals surface area (Å²) in [6.45, 7) is 6.11. The zero-order valence-corrected chi connectivity index (χ0v) is 13.9. The van der Waals surface area contributed by atoms with Gasteiger partial charge in [0, 0.05) is 12.6 Å². The molecule has 0 aliphatic carbocycles. The molecule has 0 saturated carbocycles. The minimum Gasteiger partial charge on any atom is -0.489 e. The van der Waals surface area contributed by atoms with Gasteiger partial charge in [0.2, 0.25) is 0 Å². The van der Waals surface area contributed by atoms with Crippen LogP contribution in [0.15, 0.2) is 36.4 Å². The number of carbonyl (C=O) groups is 1. The maximum atomic E-state index is 11.7. The summed E-state index contributed by atoms with van der Waals surface area (Å²) in [5.41, 5.74) is 4.18. The van der Waals surface area contributed by atoms with Crippen LogP contribution in [-0.2, 0) is 6.61 Å². The van der Waals surface area contributed by atoms with E-state index in [9.17, 15) is 10.0 Å².